The van der Waals surface area contributed by atoms with Crippen molar-refractivity contribution < 1.29 is 4.79 Å². The number of para-hydroxylation sites is 2. The van der Waals surface area contributed by atoms with Crippen LogP contribution in [0.5, 0.6) is 0 Å². The molecule has 21 heavy (non-hydrogen) atoms. The first-order valence-electron chi connectivity index (χ1n) is 7.11. The van der Waals surface area contributed by atoms with E-state index >= 15 is 0 Å². The van der Waals surface area contributed by atoms with E-state index in [4.69, 9.17) is 0 Å². The van der Waals surface area contributed by atoms with Gasteiger partial charge in [0.1, 0.15) is 0 Å². The summed E-state index contributed by atoms with van der Waals surface area (Å²) in [6, 6.07) is 18.7. The Morgan fingerprint density at radius 3 is 2.62 bits per heavy atom. The maximum absolute atomic E-state index is 11.6. The molecule has 0 saturated carbocycles. The van der Waals surface area contributed by atoms with E-state index in [9.17, 15) is 4.79 Å². The summed E-state index contributed by atoms with van der Waals surface area (Å²) in [7, 11) is 0. The monoisotopic (exact) mass is 278 g/mol. The first kappa shape index (κ1) is 13.4. The molecule has 0 aliphatic carbocycles. The molecule has 2 aromatic carbocycles. The Bertz CT molecular complexity index is 651. The van der Waals surface area contributed by atoms with Gasteiger partial charge in [-0.15, -0.1) is 0 Å². The molecule has 1 atom stereocenters. The smallest absolute Gasteiger partial charge is 0.243 e. The molecule has 0 bridgehead atoms. The highest BCUT2D eigenvalue weighted by Gasteiger charge is 2.25. The van der Waals surface area contributed by atoms with Crippen molar-refractivity contribution in [3.63, 3.8) is 0 Å². The fraction of sp³-hybridized carbons (Fsp3) is 0.167. The van der Waals surface area contributed by atoms with Crippen LogP contribution in [0.15, 0.2) is 67.3 Å². The van der Waals surface area contributed by atoms with Gasteiger partial charge in [0.05, 0.1) is 6.04 Å². The van der Waals surface area contributed by atoms with Gasteiger partial charge in [0, 0.05) is 17.9 Å². The molecule has 1 N–H and O–H groups in total. The summed E-state index contributed by atoms with van der Waals surface area (Å²) in [5, 5.41) is 3.01. The number of hydrogen-bond acceptors (Lipinski definition) is 2. The van der Waals surface area contributed by atoms with Gasteiger partial charge in [-0.1, -0.05) is 43.0 Å². The fourth-order valence-corrected chi connectivity index (χ4v) is 2.80. The summed E-state index contributed by atoms with van der Waals surface area (Å²) >= 11 is 0. The Balaban J connectivity index is 1.94. The summed E-state index contributed by atoms with van der Waals surface area (Å²) in [4.78, 5) is 13.8. The summed E-state index contributed by atoms with van der Waals surface area (Å²) in [5.74, 6) is -0.118. The minimum atomic E-state index is -0.118. The lowest BCUT2D eigenvalue weighted by Gasteiger charge is -2.36. The van der Waals surface area contributed by atoms with E-state index in [1.165, 1.54) is 17.3 Å². The molecule has 2 aromatic rings. The van der Waals surface area contributed by atoms with Gasteiger partial charge in [-0.2, -0.15) is 0 Å². The van der Waals surface area contributed by atoms with Crippen molar-refractivity contribution in [1.29, 1.82) is 0 Å². The van der Waals surface area contributed by atoms with E-state index in [1.54, 1.807) is 0 Å². The van der Waals surface area contributed by atoms with E-state index in [2.05, 4.69) is 47.1 Å². The van der Waals surface area contributed by atoms with Gasteiger partial charge in [-0.3, -0.25) is 4.79 Å². The van der Waals surface area contributed by atoms with Gasteiger partial charge >= 0.3 is 0 Å². The average molecular weight is 278 g/mol. The topological polar surface area (TPSA) is 32.3 Å². The van der Waals surface area contributed by atoms with Crippen LogP contribution < -0.4 is 10.2 Å². The van der Waals surface area contributed by atoms with Crippen molar-refractivity contribution in [1.82, 2.24) is 5.32 Å². The van der Waals surface area contributed by atoms with Gasteiger partial charge < -0.3 is 10.2 Å². The van der Waals surface area contributed by atoms with Gasteiger partial charge in [0.15, 0.2) is 0 Å². The van der Waals surface area contributed by atoms with Crippen LogP contribution in [0.4, 0.5) is 11.4 Å². The number of hydrogen-bond donors (Lipinski definition) is 1. The molecule has 106 valence electrons. The molecule has 0 aromatic heterocycles. The molecule has 0 spiro atoms. The van der Waals surface area contributed by atoms with Crippen LogP contribution >= 0.6 is 0 Å². The van der Waals surface area contributed by atoms with Gasteiger partial charge in [0.25, 0.3) is 0 Å². The molecule has 0 fully saturated rings. The number of nitrogens with zero attached hydrogens (tertiary/aromatic N) is 1. The molecular weight excluding hydrogens is 260 g/mol. The summed E-state index contributed by atoms with van der Waals surface area (Å²) in [6.07, 6.45) is 2.17. The standard InChI is InChI=1S/C18H18N2O/c1-2-18(21)19-15-12-14-8-6-7-11-17(14)20(13-15)16-9-4-3-5-10-16/h2-11,15H,1,12-13H2,(H,19,21). The number of anilines is 2. The van der Waals surface area contributed by atoms with Gasteiger partial charge in [-0.05, 0) is 36.3 Å². The summed E-state index contributed by atoms with van der Waals surface area (Å²) in [5.41, 5.74) is 3.61. The number of rotatable bonds is 3. The Morgan fingerprint density at radius 2 is 1.86 bits per heavy atom. The Labute approximate surface area is 124 Å². The van der Waals surface area contributed by atoms with Gasteiger partial charge in [0.2, 0.25) is 5.91 Å². The number of carbonyl (C=O) groups excluding carboxylic acids is 1. The van der Waals surface area contributed by atoms with Crippen LogP contribution in [0.1, 0.15) is 5.56 Å². The molecule has 3 rings (SSSR count). The third kappa shape index (κ3) is 2.82. The largest absolute Gasteiger partial charge is 0.348 e. The van der Waals surface area contributed by atoms with E-state index < -0.39 is 0 Å². The van der Waals surface area contributed by atoms with Crippen LogP contribution in [-0.4, -0.2) is 18.5 Å². The first-order chi connectivity index (χ1) is 10.3. The average Bonchev–Trinajstić information content (AvgIpc) is 2.55. The maximum atomic E-state index is 11.6. The molecule has 1 unspecified atom stereocenters. The maximum Gasteiger partial charge on any atom is 0.243 e. The zero-order chi connectivity index (χ0) is 14.7. The number of carbonyl (C=O) groups is 1. The quantitative estimate of drug-likeness (QED) is 0.875. The zero-order valence-corrected chi connectivity index (χ0v) is 11.8. The molecule has 1 aliphatic heterocycles. The van der Waals surface area contributed by atoms with Crippen molar-refractivity contribution in [2.45, 2.75) is 12.5 Å². The summed E-state index contributed by atoms with van der Waals surface area (Å²) in [6.45, 7) is 4.29. The molecule has 1 amide bonds. The molecule has 0 radical (unpaired) electrons. The second-order valence-corrected chi connectivity index (χ2v) is 5.19. The Morgan fingerprint density at radius 1 is 1.14 bits per heavy atom. The van der Waals surface area contributed by atoms with Crippen LogP contribution in [0.25, 0.3) is 0 Å². The lowest BCUT2D eigenvalue weighted by molar-refractivity contribution is -0.117. The number of nitrogens with one attached hydrogen (secondary N) is 1. The molecule has 3 heteroatoms. The number of amides is 1. The highest BCUT2D eigenvalue weighted by Crippen LogP contribution is 2.33. The minimum Gasteiger partial charge on any atom is -0.348 e. The SMILES string of the molecule is C=CC(=O)NC1Cc2ccccc2N(c2ccccc2)C1. The third-order valence-electron chi connectivity index (χ3n) is 3.75. The lowest BCUT2D eigenvalue weighted by Crippen LogP contribution is -2.46. The predicted octanol–water partition coefficient (Wildman–Crippen LogP) is 3.05. The molecular formula is C18H18N2O. The number of fused-ring (bicyclic) bond motifs is 1. The number of benzene rings is 2. The first-order valence-corrected chi connectivity index (χ1v) is 7.11. The van der Waals surface area contributed by atoms with E-state index in [-0.39, 0.29) is 11.9 Å². The second-order valence-electron chi connectivity index (χ2n) is 5.19. The van der Waals surface area contributed by atoms with Crippen LogP contribution in [-0.2, 0) is 11.2 Å². The highest BCUT2D eigenvalue weighted by molar-refractivity contribution is 5.87. The Kier molecular flexibility index (Phi) is 3.73. The van der Waals surface area contributed by atoms with E-state index in [1.807, 2.05) is 24.3 Å². The normalized spacial score (nSPS) is 17.0. The van der Waals surface area contributed by atoms with Crippen LogP contribution in [0, 0.1) is 0 Å². The predicted molar refractivity (Wildman–Crippen MR) is 85.7 cm³/mol. The third-order valence-corrected chi connectivity index (χ3v) is 3.75. The zero-order valence-electron chi connectivity index (χ0n) is 11.8. The fourth-order valence-electron chi connectivity index (χ4n) is 2.80. The minimum absolute atomic E-state index is 0.0885. The highest BCUT2D eigenvalue weighted by atomic mass is 16.1. The second kappa shape index (κ2) is 5.83. The molecule has 3 nitrogen and oxygen atoms in total. The van der Waals surface area contributed by atoms with Crippen molar-refractivity contribution >= 4 is 17.3 Å². The molecule has 1 aliphatic rings. The summed E-state index contributed by atoms with van der Waals surface area (Å²) < 4.78 is 0. The van der Waals surface area contributed by atoms with E-state index in [0.717, 1.165) is 18.7 Å². The van der Waals surface area contributed by atoms with Crippen molar-refractivity contribution in [3.05, 3.63) is 72.8 Å². The van der Waals surface area contributed by atoms with Crippen molar-refractivity contribution in [3.8, 4) is 0 Å². The van der Waals surface area contributed by atoms with E-state index in [0.29, 0.717) is 0 Å². The molecule has 1 heterocycles. The van der Waals surface area contributed by atoms with Crippen LogP contribution in [0.2, 0.25) is 0 Å². The van der Waals surface area contributed by atoms with Crippen molar-refractivity contribution in [2.75, 3.05) is 11.4 Å². The van der Waals surface area contributed by atoms with Crippen LogP contribution in [0.3, 0.4) is 0 Å². The molecule has 0 saturated heterocycles. The lowest BCUT2D eigenvalue weighted by atomic mass is 9.97. The Hall–Kier alpha value is -2.55. The van der Waals surface area contributed by atoms with Gasteiger partial charge in [-0.25, -0.2) is 0 Å². The van der Waals surface area contributed by atoms with Crippen molar-refractivity contribution in [2.24, 2.45) is 0 Å².